The Morgan fingerprint density at radius 3 is 2.50 bits per heavy atom. The van der Waals surface area contributed by atoms with Gasteiger partial charge in [-0.1, -0.05) is 6.07 Å². The molecule has 2 amide bonds. The molecule has 0 atom stereocenters. The fourth-order valence-electron chi connectivity index (χ4n) is 2.27. The van der Waals surface area contributed by atoms with Gasteiger partial charge in [-0.05, 0) is 48.9 Å². The van der Waals surface area contributed by atoms with Crippen LogP contribution in [0.5, 0.6) is 11.5 Å². The molecule has 0 bridgehead atoms. The third kappa shape index (κ3) is 8.01. The van der Waals surface area contributed by atoms with Crippen molar-refractivity contribution in [1.29, 1.82) is 0 Å². The molecule has 0 radical (unpaired) electrons. The molecule has 158 valence electrons. The van der Waals surface area contributed by atoms with Gasteiger partial charge < -0.3 is 19.5 Å². The van der Waals surface area contributed by atoms with Crippen molar-refractivity contribution in [3.8, 4) is 11.5 Å². The molecule has 0 unspecified atom stereocenters. The van der Waals surface area contributed by atoms with Gasteiger partial charge in [0.2, 0.25) is 11.8 Å². The molecular formula is C21H23N3O6. The predicted octanol–water partition coefficient (Wildman–Crippen LogP) is 2.12. The Balaban J connectivity index is 1.75. The molecule has 2 rings (SSSR count). The Labute approximate surface area is 174 Å². The molecule has 9 heteroatoms. The van der Waals surface area contributed by atoms with E-state index in [1.54, 1.807) is 55.5 Å². The van der Waals surface area contributed by atoms with Crippen molar-refractivity contribution in [2.45, 2.75) is 13.3 Å². The predicted molar refractivity (Wildman–Crippen MR) is 111 cm³/mol. The number of carbonyl (C=O) groups excluding carboxylic acids is 3. The summed E-state index contributed by atoms with van der Waals surface area (Å²) in [5.74, 6) is -0.376. The molecular weight excluding hydrogens is 390 g/mol. The third-order valence-electron chi connectivity index (χ3n) is 3.62. The number of benzene rings is 2. The van der Waals surface area contributed by atoms with E-state index in [0.29, 0.717) is 29.4 Å². The van der Waals surface area contributed by atoms with Gasteiger partial charge in [-0.25, -0.2) is 10.2 Å². The van der Waals surface area contributed by atoms with Crippen LogP contribution in [0, 0.1) is 0 Å². The second-order valence-electron chi connectivity index (χ2n) is 5.91. The van der Waals surface area contributed by atoms with Gasteiger partial charge in [0.05, 0.1) is 19.9 Å². The summed E-state index contributed by atoms with van der Waals surface area (Å²) in [7, 11) is 1.52. The van der Waals surface area contributed by atoms with Crippen LogP contribution in [0.25, 0.3) is 0 Å². The van der Waals surface area contributed by atoms with E-state index in [0.717, 1.165) is 0 Å². The topological polar surface area (TPSA) is 115 Å². The van der Waals surface area contributed by atoms with Gasteiger partial charge in [-0.15, -0.1) is 0 Å². The maximum Gasteiger partial charge on any atom is 0.344 e. The number of esters is 1. The number of nitrogens with one attached hydrogen (secondary N) is 2. The van der Waals surface area contributed by atoms with Gasteiger partial charge in [0, 0.05) is 11.8 Å². The van der Waals surface area contributed by atoms with Gasteiger partial charge in [-0.2, -0.15) is 5.10 Å². The van der Waals surface area contributed by atoms with Crippen LogP contribution in [0.3, 0.4) is 0 Å². The van der Waals surface area contributed by atoms with Crippen LogP contribution < -0.4 is 20.2 Å². The first-order chi connectivity index (χ1) is 14.5. The van der Waals surface area contributed by atoms with Gasteiger partial charge >= 0.3 is 5.97 Å². The highest BCUT2D eigenvalue weighted by Gasteiger charge is 2.09. The summed E-state index contributed by atoms with van der Waals surface area (Å²) in [5.41, 5.74) is 3.51. The number of nitrogens with zero attached hydrogens (tertiary/aromatic N) is 1. The molecule has 0 saturated heterocycles. The smallest absolute Gasteiger partial charge is 0.344 e. The molecule has 0 spiro atoms. The summed E-state index contributed by atoms with van der Waals surface area (Å²) >= 11 is 0. The van der Waals surface area contributed by atoms with Gasteiger partial charge in [0.25, 0.3) is 0 Å². The monoisotopic (exact) mass is 413 g/mol. The van der Waals surface area contributed by atoms with Crippen molar-refractivity contribution < 1.29 is 28.6 Å². The van der Waals surface area contributed by atoms with Crippen LogP contribution in [-0.4, -0.2) is 44.3 Å². The summed E-state index contributed by atoms with van der Waals surface area (Å²) < 4.78 is 15.1. The minimum Gasteiger partial charge on any atom is -0.497 e. The lowest BCUT2D eigenvalue weighted by Gasteiger charge is -2.06. The molecule has 30 heavy (non-hydrogen) atoms. The molecule has 9 nitrogen and oxygen atoms in total. The molecule has 0 heterocycles. The number of ether oxygens (including phenoxy) is 3. The Morgan fingerprint density at radius 2 is 1.80 bits per heavy atom. The van der Waals surface area contributed by atoms with E-state index in [2.05, 4.69) is 15.8 Å². The van der Waals surface area contributed by atoms with Crippen LogP contribution in [-0.2, 0) is 19.1 Å². The minimum atomic E-state index is -0.555. The van der Waals surface area contributed by atoms with Crippen LogP contribution in [0.4, 0.5) is 5.69 Å². The van der Waals surface area contributed by atoms with E-state index < -0.39 is 17.8 Å². The molecule has 2 N–H and O–H groups in total. The van der Waals surface area contributed by atoms with E-state index in [1.807, 2.05) is 0 Å². The van der Waals surface area contributed by atoms with Crippen molar-refractivity contribution in [2.75, 3.05) is 25.6 Å². The zero-order chi connectivity index (χ0) is 21.8. The number of amides is 2. The first-order valence-electron chi connectivity index (χ1n) is 9.14. The third-order valence-corrected chi connectivity index (χ3v) is 3.62. The van der Waals surface area contributed by atoms with Crippen LogP contribution in [0.2, 0.25) is 0 Å². The zero-order valence-corrected chi connectivity index (χ0v) is 16.7. The Hall–Kier alpha value is -3.88. The molecule has 0 saturated carbocycles. The summed E-state index contributed by atoms with van der Waals surface area (Å²) in [4.78, 5) is 35.0. The van der Waals surface area contributed by atoms with E-state index in [1.165, 1.54) is 13.3 Å². The Bertz CT molecular complexity index is 896. The molecule has 2 aromatic rings. The average Bonchev–Trinajstić information content (AvgIpc) is 2.73. The Kier molecular flexibility index (Phi) is 8.85. The molecule has 0 aromatic heterocycles. The van der Waals surface area contributed by atoms with Gasteiger partial charge in [0.15, 0.2) is 6.61 Å². The summed E-state index contributed by atoms with van der Waals surface area (Å²) in [6, 6.07) is 13.5. The number of hydrogen-bond acceptors (Lipinski definition) is 7. The molecule has 0 aliphatic rings. The molecule has 0 fully saturated rings. The lowest BCUT2D eigenvalue weighted by molar-refractivity contribution is -0.145. The molecule has 2 aromatic carbocycles. The van der Waals surface area contributed by atoms with Crippen molar-refractivity contribution in [2.24, 2.45) is 5.10 Å². The average molecular weight is 413 g/mol. The van der Waals surface area contributed by atoms with E-state index in [9.17, 15) is 14.4 Å². The van der Waals surface area contributed by atoms with Crippen molar-refractivity contribution in [1.82, 2.24) is 5.43 Å². The van der Waals surface area contributed by atoms with Crippen LogP contribution in [0.15, 0.2) is 53.6 Å². The SMILES string of the molecule is CCOC(=O)COc1ccc(C=NNC(=O)CC(=O)Nc2cccc(OC)c2)cc1. The second kappa shape index (κ2) is 11.8. The maximum absolute atomic E-state index is 11.9. The van der Waals surface area contributed by atoms with E-state index in [4.69, 9.17) is 14.2 Å². The number of carbonyl (C=O) groups is 3. The van der Waals surface area contributed by atoms with Crippen molar-refractivity contribution in [3.63, 3.8) is 0 Å². The standard InChI is InChI=1S/C21H23N3O6/c1-3-29-21(27)14-30-17-9-7-15(8-10-17)13-22-24-20(26)12-19(25)23-16-5-4-6-18(11-16)28-2/h4-11,13H,3,12,14H2,1-2H3,(H,23,25)(H,24,26). The number of rotatable bonds is 10. The van der Waals surface area contributed by atoms with Crippen molar-refractivity contribution in [3.05, 3.63) is 54.1 Å². The number of anilines is 1. The highest BCUT2D eigenvalue weighted by atomic mass is 16.6. The summed E-state index contributed by atoms with van der Waals surface area (Å²) in [6.07, 6.45) is 1.04. The van der Waals surface area contributed by atoms with Crippen LogP contribution >= 0.6 is 0 Å². The van der Waals surface area contributed by atoms with Gasteiger partial charge in [0.1, 0.15) is 17.9 Å². The summed E-state index contributed by atoms with van der Waals surface area (Å²) in [6.45, 7) is 1.85. The normalized spacial score (nSPS) is 10.3. The highest BCUT2D eigenvalue weighted by Crippen LogP contribution is 2.16. The fraction of sp³-hybridized carbons (Fsp3) is 0.238. The quantitative estimate of drug-likeness (QED) is 0.267. The first-order valence-corrected chi connectivity index (χ1v) is 9.14. The fourth-order valence-corrected chi connectivity index (χ4v) is 2.27. The zero-order valence-electron chi connectivity index (χ0n) is 16.7. The number of methoxy groups -OCH3 is 1. The lowest BCUT2D eigenvalue weighted by Crippen LogP contribution is -2.24. The second-order valence-corrected chi connectivity index (χ2v) is 5.91. The van der Waals surface area contributed by atoms with Crippen molar-refractivity contribution >= 4 is 29.7 Å². The number of hydrogen-bond donors (Lipinski definition) is 2. The van der Waals surface area contributed by atoms with E-state index >= 15 is 0 Å². The van der Waals surface area contributed by atoms with Crippen LogP contribution in [0.1, 0.15) is 18.9 Å². The maximum atomic E-state index is 11.9. The molecule has 0 aliphatic carbocycles. The first kappa shape index (κ1) is 22.4. The largest absolute Gasteiger partial charge is 0.497 e. The highest BCUT2D eigenvalue weighted by molar-refractivity contribution is 6.03. The van der Waals surface area contributed by atoms with E-state index in [-0.39, 0.29) is 13.0 Å². The lowest BCUT2D eigenvalue weighted by atomic mass is 10.2. The number of hydrazone groups is 1. The van der Waals surface area contributed by atoms with Gasteiger partial charge in [-0.3, -0.25) is 9.59 Å². The minimum absolute atomic E-state index is 0.171. The molecule has 0 aliphatic heterocycles. The Morgan fingerprint density at radius 1 is 1.03 bits per heavy atom. The summed E-state index contributed by atoms with van der Waals surface area (Å²) in [5, 5.41) is 6.43.